The second-order valence-electron chi connectivity index (χ2n) is 3.10. The van der Waals surface area contributed by atoms with Gasteiger partial charge in [-0.05, 0) is 24.6 Å². The molecular formula is C11H11NO. The second-order valence-corrected chi connectivity index (χ2v) is 3.10. The molecule has 0 saturated carbocycles. The van der Waals surface area contributed by atoms with Gasteiger partial charge in [0.2, 0.25) is 0 Å². The van der Waals surface area contributed by atoms with Crippen molar-refractivity contribution in [3.8, 4) is 0 Å². The van der Waals surface area contributed by atoms with Crippen LogP contribution in [0, 0.1) is 6.92 Å². The molecule has 1 heterocycles. The maximum Gasteiger partial charge on any atom is 0.0855 e. The molecular weight excluding hydrogens is 162 g/mol. The lowest BCUT2D eigenvalue weighted by molar-refractivity contribution is 0.276. The summed E-state index contributed by atoms with van der Waals surface area (Å²) in [6.45, 7) is 1.97. The van der Waals surface area contributed by atoms with Gasteiger partial charge in [-0.15, -0.1) is 0 Å². The standard InChI is InChI=1S/C11H11NO/c1-8-6-9-4-2-3-5-10(9)12-11(8)7-13/h2-6,13H,7H2,1H3. The summed E-state index contributed by atoms with van der Waals surface area (Å²) < 4.78 is 0. The summed E-state index contributed by atoms with van der Waals surface area (Å²) in [5, 5.41) is 10.1. The third-order valence-electron chi connectivity index (χ3n) is 2.17. The molecule has 2 nitrogen and oxygen atoms in total. The molecule has 2 heteroatoms. The van der Waals surface area contributed by atoms with Gasteiger partial charge in [0.15, 0.2) is 0 Å². The lowest BCUT2D eigenvalue weighted by Crippen LogP contribution is -1.93. The van der Waals surface area contributed by atoms with Crippen LogP contribution in [0.15, 0.2) is 30.3 Å². The number of benzene rings is 1. The average Bonchev–Trinajstić information content (AvgIpc) is 2.17. The van der Waals surface area contributed by atoms with Gasteiger partial charge in [-0.1, -0.05) is 18.2 Å². The summed E-state index contributed by atoms with van der Waals surface area (Å²) in [5.74, 6) is 0. The van der Waals surface area contributed by atoms with Crippen molar-refractivity contribution in [1.82, 2.24) is 4.98 Å². The van der Waals surface area contributed by atoms with E-state index < -0.39 is 0 Å². The van der Waals surface area contributed by atoms with Gasteiger partial charge in [-0.2, -0.15) is 0 Å². The number of para-hydroxylation sites is 1. The quantitative estimate of drug-likeness (QED) is 0.715. The minimum atomic E-state index is 0.0106. The Labute approximate surface area is 76.9 Å². The van der Waals surface area contributed by atoms with Crippen molar-refractivity contribution in [2.75, 3.05) is 0 Å². The Kier molecular flexibility index (Phi) is 1.99. The molecule has 1 N–H and O–H groups in total. The number of rotatable bonds is 1. The molecule has 0 bridgehead atoms. The van der Waals surface area contributed by atoms with Gasteiger partial charge >= 0.3 is 0 Å². The molecule has 0 radical (unpaired) electrons. The molecule has 2 aromatic rings. The van der Waals surface area contributed by atoms with Crippen molar-refractivity contribution in [1.29, 1.82) is 0 Å². The lowest BCUT2D eigenvalue weighted by atomic mass is 10.1. The van der Waals surface area contributed by atoms with E-state index in [1.165, 1.54) is 0 Å². The van der Waals surface area contributed by atoms with E-state index in [1.54, 1.807) is 0 Å². The predicted octanol–water partition coefficient (Wildman–Crippen LogP) is 2.04. The molecule has 0 saturated heterocycles. The zero-order valence-electron chi connectivity index (χ0n) is 7.49. The summed E-state index contributed by atoms with van der Waals surface area (Å²) in [6.07, 6.45) is 0. The Morgan fingerprint density at radius 1 is 1.31 bits per heavy atom. The van der Waals surface area contributed by atoms with Crippen molar-refractivity contribution in [3.63, 3.8) is 0 Å². The van der Waals surface area contributed by atoms with Crippen molar-refractivity contribution in [2.24, 2.45) is 0 Å². The number of fused-ring (bicyclic) bond motifs is 1. The Bertz CT molecular complexity index is 437. The second kappa shape index (κ2) is 3.15. The monoisotopic (exact) mass is 173 g/mol. The summed E-state index contributed by atoms with van der Waals surface area (Å²) in [5.41, 5.74) is 2.75. The van der Waals surface area contributed by atoms with Gasteiger partial charge in [0, 0.05) is 5.39 Å². The Morgan fingerprint density at radius 3 is 2.85 bits per heavy atom. The fourth-order valence-electron chi connectivity index (χ4n) is 1.42. The van der Waals surface area contributed by atoms with E-state index in [2.05, 4.69) is 4.98 Å². The van der Waals surface area contributed by atoms with Crippen molar-refractivity contribution < 1.29 is 5.11 Å². The van der Waals surface area contributed by atoms with Gasteiger partial charge in [0.1, 0.15) is 0 Å². The van der Waals surface area contributed by atoms with E-state index in [0.717, 1.165) is 22.2 Å². The number of nitrogens with zero attached hydrogens (tertiary/aromatic N) is 1. The highest BCUT2D eigenvalue weighted by Crippen LogP contribution is 2.15. The normalized spacial score (nSPS) is 10.6. The molecule has 1 aromatic heterocycles. The topological polar surface area (TPSA) is 33.1 Å². The van der Waals surface area contributed by atoms with E-state index in [4.69, 9.17) is 5.11 Å². The molecule has 2 rings (SSSR count). The van der Waals surface area contributed by atoms with Gasteiger partial charge in [0.25, 0.3) is 0 Å². The van der Waals surface area contributed by atoms with E-state index in [9.17, 15) is 0 Å². The van der Waals surface area contributed by atoms with Crippen LogP contribution < -0.4 is 0 Å². The number of aromatic nitrogens is 1. The summed E-state index contributed by atoms with van der Waals surface area (Å²) in [6, 6.07) is 9.96. The molecule has 1 aromatic carbocycles. The summed E-state index contributed by atoms with van der Waals surface area (Å²) in [4.78, 5) is 4.34. The van der Waals surface area contributed by atoms with Crippen molar-refractivity contribution in [2.45, 2.75) is 13.5 Å². The zero-order chi connectivity index (χ0) is 9.26. The summed E-state index contributed by atoms with van der Waals surface area (Å²) >= 11 is 0. The molecule has 0 fully saturated rings. The molecule has 0 unspecified atom stereocenters. The molecule has 66 valence electrons. The number of aryl methyl sites for hydroxylation is 1. The van der Waals surface area contributed by atoms with Gasteiger partial charge in [-0.25, -0.2) is 0 Å². The first kappa shape index (κ1) is 8.20. The average molecular weight is 173 g/mol. The first-order valence-corrected chi connectivity index (χ1v) is 4.27. The fourth-order valence-corrected chi connectivity index (χ4v) is 1.42. The maximum absolute atomic E-state index is 9.02. The largest absolute Gasteiger partial charge is 0.390 e. The molecule has 0 atom stereocenters. The molecule has 13 heavy (non-hydrogen) atoms. The van der Waals surface area contributed by atoms with Crippen LogP contribution in [0.4, 0.5) is 0 Å². The van der Waals surface area contributed by atoms with Gasteiger partial charge in [0.05, 0.1) is 17.8 Å². The first-order chi connectivity index (χ1) is 6.31. The Hall–Kier alpha value is -1.41. The summed E-state index contributed by atoms with van der Waals surface area (Å²) in [7, 11) is 0. The van der Waals surface area contributed by atoms with Gasteiger partial charge in [-0.3, -0.25) is 4.98 Å². The van der Waals surface area contributed by atoms with Crippen LogP contribution in [0.5, 0.6) is 0 Å². The molecule has 0 aliphatic heterocycles. The molecule has 0 amide bonds. The number of hydrogen-bond donors (Lipinski definition) is 1. The predicted molar refractivity (Wildman–Crippen MR) is 52.4 cm³/mol. The minimum Gasteiger partial charge on any atom is -0.390 e. The Balaban J connectivity index is 2.74. The smallest absolute Gasteiger partial charge is 0.0855 e. The molecule has 0 spiro atoms. The van der Waals surface area contributed by atoms with E-state index >= 15 is 0 Å². The van der Waals surface area contributed by atoms with E-state index in [1.807, 2.05) is 37.3 Å². The number of aliphatic hydroxyl groups is 1. The van der Waals surface area contributed by atoms with Crippen molar-refractivity contribution in [3.05, 3.63) is 41.6 Å². The third kappa shape index (κ3) is 1.40. The number of hydrogen-bond acceptors (Lipinski definition) is 2. The van der Waals surface area contributed by atoms with Crippen LogP contribution in [-0.2, 0) is 6.61 Å². The highest BCUT2D eigenvalue weighted by molar-refractivity contribution is 5.79. The van der Waals surface area contributed by atoms with Crippen LogP contribution in [-0.4, -0.2) is 10.1 Å². The molecule has 0 aliphatic rings. The van der Waals surface area contributed by atoms with Crippen LogP contribution in [0.25, 0.3) is 10.9 Å². The minimum absolute atomic E-state index is 0.0106. The van der Waals surface area contributed by atoms with Crippen LogP contribution in [0.2, 0.25) is 0 Å². The van der Waals surface area contributed by atoms with Crippen molar-refractivity contribution >= 4 is 10.9 Å². The van der Waals surface area contributed by atoms with Crippen LogP contribution in [0.3, 0.4) is 0 Å². The highest BCUT2D eigenvalue weighted by Gasteiger charge is 2.00. The number of pyridine rings is 1. The highest BCUT2D eigenvalue weighted by atomic mass is 16.3. The van der Waals surface area contributed by atoms with E-state index in [0.29, 0.717) is 0 Å². The lowest BCUT2D eigenvalue weighted by Gasteiger charge is -2.03. The van der Waals surface area contributed by atoms with Crippen LogP contribution >= 0.6 is 0 Å². The zero-order valence-corrected chi connectivity index (χ0v) is 7.49. The van der Waals surface area contributed by atoms with Gasteiger partial charge < -0.3 is 5.11 Å². The first-order valence-electron chi connectivity index (χ1n) is 4.27. The fraction of sp³-hybridized carbons (Fsp3) is 0.182. The molecule has 0 aliphatic carbocycles. The maximum atomic E-state index is 9.02. The Morgan fingerprint density at radius 2 is 2.08 bits per heavy atom. The van der Waals surface area contributed by atoms with E-state index in [-0.39, 0.29) is 6.61 Å². The van der Waals surface area contributed by atoms with Crippen LogP contribution in [0.1, 0.15) is 11.3 Å². The SMILES string of the molecule is Cc1cc2ccccc2nc1CO. The third-order valence-corrected chi connectivity index (χ3v) is 2.17. The number of aliphatic hydroxyl groups excluding tert-OH is 1.